The Kier molecular flexibility index (Phi) is 3.23. The maximum atomic E-state index is 11.9. The second kappa shape index (κ2) is 4.84. The first-order chi connectivity index (χ1) is 8.97. The van der Waals surface area contributed by atoms with Crippen LogP contribution in [0.25, 0.3) is 0 Å². The Labute approximate surface area is 107 Å². The summed E-state index contributed by atoms with van der Waals surface area (Å²) in [4.78, 5) is 36.6. The van der Waals surface area contributed by atoms with Gasteiger partial charge in [-0.2, -0.15) is 4.98 Å². The molecule has 0 saturated heterocycles. The summed E-state index contributed by atoms with van der Waals surface area (Å²) >= 11 is 0. The number of aromatic nitrogens is 3. The maximum Gasteiger partial charge on any atom is 0.348 e. The predicted molar refractivity (Wildman–Crippen MR) is 64.9 cm³/mol. The van der Waals surface area contributed by atoms with Gasteiger partial charge >= 0.3 is 11.4 Å². The molecule has 0 saturated carbocycles. The molecule has 0 fully saturated rings. The molecule has 0 unspecified atom stereocenters. The molecule has 2 rings (SSSR count). The second-order valence-corrected chi connectivity index (χ2v) is 3.97. The summed E-state index contributed by atoms with van der Waals surface area (Å²) in [5.74, 6) is -0.315. The fourth-order valence-electron chi connectivity index (χ4n) is 1.57. The standard InChI is InChI=1S/C11H10N4O4/c1-13-3-2-8(5-13)10(16)7-14-6-9(15(18)19)4-12-11(14)17/h2-6H,7H2,1H3. The summed E-state index contributed by atoms with van der Waals surface area (Å²) < 4.78 is 2.62. The van der Waals surface area contributed by atoms with Crippen molar-refractivity contribution in [1.29, 1.82) is 0 Å². The van der Waals surface area contributed by atoms with Crippen LogP contribution in [-0.4, -0.2) is 24.8 Å². The maximum absolute atomic E-state index is 11.9. The van der Waals surface area contributed by atoms with Gasteiger partial charge in [-0.05, 0) is 6.07 Å². The minimum absolute atomic E-state index is 0.280. The number of Topliss-reactive ketones (excluding diaryl/α,β-unsaturated/α-hetero) is 1. The van der Waals surface area contributed by atoms with E-state index in [4.69, 9.17) is 0 Å². The van der Waals surface area contributed by atoms with Crippen LogP contribution in [0.3, 0.4) is 0 Å². The third kappa shape index (κ3) is 2.73. The van der Waals surface area contributed by atoms with Crippen LogP contribution in [0.5, 0.6) is 0 Å². The van der Waals surface area contributed by atoms with Crippen molar-refractivity contribution in [3.8, 4) is 0 Å². The molecule has 0 radical (unpaired) electrons. The summed E-state index contributed by atoms with van der Waals surface area (Å²) in [6.07, 6.45) is 5.18. The largest absolute Gasteiger partial charge is 0.357 e. The molecule has 0 aliphatic heterocycles. The number of carbonyl (C=O) groups is 1. The van der Waals surface area contributed by atoms with E-state index in [1.807, 2.05) is 0 Å². The Balaban J connectivity index is 2.28. The van der Waals surface area contributed by atoms with Crippen LogP contribution in [-0.2, 0) is 13.6 Å². The van der Waals surface area contributed by atoms with Crippen LogP contribution >= 0.6 is 0 Å². The van der Waals surface area contributed by atoms with E-state index >= 15 is 0 Å². The van der Waals surface area contributed by atoms with Gasteiger partial charge in [0.25, 0.3) is 0 Å². The molecule has 0 N–H and O–H groups in total. The van der Waals surface area contributed by atoms with Gasteiger partial charge in [-0.1, -0.05) is 0 Å². The van der Waals surface area contributed by atoms with Crippen molar-refractivity contribution in [2.75, 3.05) is 0 Å². The number of nitrogens with zero attached hydrogens (tertiary/aromatic N) is 4. The number of nitro groups is 1. The number of hydrogen-bond acceptors (Lipinski definition) is 5. The van der Waals surface area contributed by atoms with Crippen LogP contribution in [0.1, 0.15) is 10.4 Å². The van der Waals surface area contributed by atoms with E-state index in [1.54, 1.807) is 30.1 Å². The average molecular weight is 262 g/mol. The van der Waals surface area contributed by atoms with Gasteiger partial charge in [0.1, 0.15) is 6.20 Å². The van der Waals surface area contributed by atoms with Gasteiger partial charge in [-0.3, -0.25) is 19.5 Å². The first-order valence-corrected chi connectivity index (χ1v) is 5.33. The van der Waals surface area contributed by atoms with Crippen LogP contribution in [0.2, 0.25) is 0 Å². The highest BCUT2D eigenvalue weighted by Crippen LogP contribution is 2.06. The summed E-state index contributed by atoms with van der Waals surface area (Å²) in [5, 5.41) is 10.6. The molecule has 2 heterocycles. The molecular weight excluding hydrogens is 252 g/mol. The Morgan fingerprint density at radius 2 is 2.21 bits per heavy atom. The quantitative estimate of drug-likeness (QED) is 0.450. The number of rotatable bonds is 4. The fraction of sp³-hybridized carbons (Fsp3) is 0.182. The van der Waals surface area contributed by atoms with Gasteiger partial charge in [0, 0.05) is 25.0 Å². The molecule has 8 nitrogen and oxygen atoms in total. The monoisotopic (exact) mass is 262 g/mol. The highest BCUT2D eigenvalue weighted by molar-refractivity contribution is 5.95. The normalized spacial score (nSPS) is 10.4. The number of ketones is 1. The average Bonchev–Trinajstić information content (AvgIpc) is 2.78. The predicted octanol–water partition coefficient (Wildman–Crippen LogP) is 0.373. The summed E-state index contributed by atoms with van der Waals surface area (Å²) in [5.41, 5.74) is -0.601. The molecular formula is C11H10N4O4. The first-order valence-electron chi connectivity index (χ1n) is 5.33. The zero-order valence-corrected chi connectivity index (χ0v) is 10.0. The molecule has 98 valence electrons. The Hall–Kier alpha value is -2.77. The summed E-state index contributed by atoms with van der Waals surface area (Å²) in [6, 6.07) is 1.61. The van der Waals surface area contributed by atoms with Gasteiger partial charge in [0.05, 0.1) is 17.7 Å². The van der Waals surface area contributed by atoms with Gasteiger partial charge < -0.3 is 4.57 Å². The molecule has 0 amide bonds. The molecule has 19 heavy (non-hydrogen) atoms. The lowest BCUT2D eigenvalue weighted by Crippen LogP contribution is -2.26. The number of carbonyl (C=O) groups excluding carboxylic acids is 1. The van der Waals surface area contributed by atoms with Crippen molar-refractivity contribution in [2.24, 2.45) is 7.05 Å². The summed E-state index contributed by atoms with van der Waals surface area (Å²) in [6.45, 7) is -0.280. The number of aryl methyl sites for hydroxylation is 1. The summed E-state index contributed by atoms with van der Waals surface area (Å²) in [7, 11) is 1.76. The lowest BCUT2D eigenvalue weighted by molar-refractivity contribution is -0.385. The Morgan fingerprint density at radius 3 is 2.79 bits per heavy atom. The van der Waals surface area contributed by atoms with E-state index in [1.165, 1.54) is 0 Å². The zero-order valence-electron chi connectivity index (χ0n) is 10.0. The molecule has 0 atom stereocenters. The molecule has 0 aliphatic rings. The smallest absolute Gasteiger partial charge is 0.348 e. The fourth-order valence-corrected chi connectivity index (χ4v) is 1.57. The van der Waals surface area contributed by atoms with E-state index in [0.717, 1.165) is 17.0 Å². The van der Waals surface area contributed by atoms with E-state index in [0.29, 0.717) is 5.56 Å². The van der Waals surface area contributed by atoms with Gasteiger partial charge in [-0.25, -0.2) is 4.79 Å². The first kappa shape index (κ1) is 12.7. The highest BCUT2D eigenvalue weighted by atomic mass is 16.6. The van der Waals surface area contributed by atoms with Gasteiger partial charge in [0.15, 0.2) is 5.78 Å². The van der Waals surface area contributed by atoms with Crippen LogP contribution in [0.15, 0.2) is 35.6 Å². The highest BCUT2D eigenvalue weighted by Gasteiger charge is 2.13. The van der Waals surface area contributed by atoms with Crippen molar-refractivity contribution in [3.05, 3.63) is 57.0 Å². The SMILES string of the molecule is Cn1ccc(C(=O)Cn2cc([N+](=O)[O-])cnc2=O)c1. The van der Waals surface area contributed by atoms with E-state index in [9.17, 15) is 19.7 Å². The Bertz CT molecular complexity index is 701. The lowest BCUT2D eigenvalue weighted by Gasteiger charge is -2.02. The third-order valence-corrected chi connectivity index (χ3v) is 2.52. The number of hydrogen-bond donors (Lipinski definition) is 0. The molecule has 0 aliphatic carbocycles. The minimum Gasteiger partial charge on any atom is -0.357 e. The topological polar surface area (TPSA) is 100 Å². The van der Waals surface area contributed by atoms with Crippen molar-refractivity contribution in [3.63, 3.8) is 0 Å². The van der Waals surface area contributed by atoms with Crippen molar-refractivity contribution in [1.82, 2.24) is 14.1 Å². The molecule has 2 aromatic heterocycles. The van der Waals surface area contributed by atoms with Crippen LogP contribution < -0.4 is 5.69 Å². The minimum atomic E-state index is -0.699. The van der Waals surface area contributed by atoms with Crippen molar-refractivity contribution >= 4 is 11.5 Å². The molecule has 0 bridgehead atoms. The second-order valence-electron chi connectivity index (χ2n) is 3.97. The van der Waals surface area contributed by atoms with E-state index in [-0.39, 0.29) is 18.0 Å². The molecule has 0 spiro atoms. The van der Waals surface area contributed by atoms with Gasteiger partial charge in [-0.15, -0.1) is 0 Å². The van der Waals surface area contributed by atoms with E-state index in [2.05, 4.69) is 4.98 Å². The van der Waals surface area contributed by atoms with E-state index < -0.39 is 10.6 Å². The zero-order chi connectivity index (χ0) is 14.0. The van der Waals surface area contributed by atoms with Crippen molar-refractivity contribution < 1.29 is 9.72 Å². The van der Waals surface area contributed by atoms with Crippen LogP contribution in [0.4, 0.5) is 5.69 Å². The molecule has 2 aromatic rings. The van der Waals surface area contributed by atoms with Gasteiger partial charge in [0.2, 0.25) is 0 Å². The lowest BCUT2D eigenvalue weighted by atomic mass is 10.2. The Morgan fingerprint density at radius 1 is 1.47 bits per heavy atom. The third-order valence-electron chi connectivity index (χ3n) is 2.52. The molecule has 0 aromatic carbocycles. The molecule has 8 heteroatoms. The van der Waals surface area contributed by atoms with Crippen molar-refractivity contribution in [2.45, 2.75) is 6.54 Å². The van der Waals surface area contributed by atoms with Crippen LogP contribution in [0, 0.1) is 10.1 Å².